The molecular formula is C36H34ClF3N8O2S. The van der Waals surface area contributed by atoms with E-state index in [0.717, 1.165) is 24.8 Å². The predicted octanol–water partition coefficient (Wildman–Crippen LogP) is 6.45. The lowest BCUT2D eigenvalue weighted by Crippen LogP contribution is -2.43. The number of fused-ring (bicyclic) bond motifs is 3. The maximum atomic E-state index is 16.8. The average molecular weight is 735 g/mol. The van der Waals surface area contributed by atoms with Gasteiger partial charge in [-0.05, 0) is 55.4 Å². The number of likely N-dealkylation sites (tertiary alicyclic amines) is 1. The number of anilines is 1. The van der Waals surface area contributed by atoms with E-state index >= 15 is 8.78 Å². The lowest BCUT2D eigenvalue weighted by atomic mass is 9.95. The molecule has 3 fully saturated rings. The molecule has 0 bridgehead atoms. The smallest absolute Gasteiger partial charge is 0.319 e. The standard InChI is InChI=1S/C36H34ClF3N8O2S/c1-20-42-28(51-45-20)10-11-29(49)47-17-26(39)27(18-47)46(2)34-24-15-41-32(23-8-3-6-21-7-4-9-25(37)30(21)23)31(40)33(24)43-35(44-34)50-19-36-12-5-13-48(36)16-22(38)14-36/h3-4,6-11,15,22,26-27H,5,12-14,16-19H2,1-2H3/b11-10+/t22-,26-,27-,36+/m1/s1. The maximum Gasteiger partial charge on any atom is 0.319 e. The zero-order chi connectivity index (χ0) is 35.4. The number of pyridine rings is 1. The van der Waals surface area contributed by atoms with Crippen molar-refractivity contribution >= 4 is 62.6 Å². The third-order valence-corrected chi connectivity index (χ3v) is 11.3. The van der Waals surface area contributed by atoms with Gasteiger partial charge in [0.15, 0.2) is 5.82 Å². The zero-order valence-corrected chi connectivity index (χ0v) is 29.5. The molecular weight excluding hydrogens is 701 g/mol. The molecule has 3 saturated heterocycles. The monoisotopic (exact) mass is 734 g/mol. The van der Waals surface area contributed by atoms with Crippen LogP contribution >= 0.6 is 23.1 Å². The summed E-state index contributed by atoms with van der Waals surface area (Å²) in [4.78, 5) is 36.2. The molecule has 264 valence electrons. The highest BCUT2D eigenvalue weighted by Crippen LogP contribution is 2.41. The number of halogens is 4. The van der Waals surface area contributed by atoms with Crippen molar-refractivity contribution in [3.05, 3.63) is 70.3 Å². The minimum Gasteiger partial charge on any atom is -0.461 e. The third-order valence-electron chi connectivity index (χ3n) is 10.3. The number of aromatic nitrogens is 5. The molecule has 8 rings (SSSR count). The molecule has 3 aromatic heterocycles. The van der Waals surface area contributed by atoms with E-state index in [-0.39, 0.29) is 54.0 Å². The van der Waals surface area contributed by atoms with E-state index in [0.29, 0.717) is 39.8 Å². The van der Waals surface area contributed by atoms with Crippen LogP contribution in [0, 0.1) is 12.7 Å². The lowest BCUT2D eigenvalue weighted by molar-refractivity contribution is -0.125. The fourth-order valence-electron chi connectivity index (χ4n) is 7.76. The Morgan fingerprint density at radius 3 is 2.78 bits per heavy atom. The molecule has 3 aliphatic rings. The van der Waals surface area contributed by atoms with Crippen LogP contribution in [0.1, 0.15) is 30.1 Å². The average Bonchev–Trinajstić information content (AvgIpc) is 3.89. The van der Waals surface area contributed by atoms with Crippen molar-refractivity contribution in [1.29, 1.82) is 0 Å². The summed E-state index contributed by atoms with van der Waals surface area (Å²) in [5, 5.41) is 2.72. The summed E-state index contributed by atoms with van der Waals surface area (Å²) in [6.45, 7) is 2.92. The number of ether oxygens (including phenoxy) is 1. The summed E-state index contributed by atoms with van der Waals surface area (Å²) in [6, 6.07) is 9.95. The summed E-state index contributed by atoms with van der Waals surface area (Å²) in [5.74, 6) is -0.286. The minimum atomic E-state index is -1.44. The molecule has 15 heteroatoms. The molecule has 10 nitrogen and oxygen atoms in total. The Balaban J connectivity index is 1.16. The second-order valence-electron chi connectivity index (χ2n) is 13.5. The normalized spacial score (nSPS) is 23.6. The summed E-state index contributed by atoms with van der Waals surface area (Å²) < 4.78 is 57.5. The van der Waals surface area contributed by atoms with Gasteiger partial charge in [0.25, 0.3) is 0 Å². The van der Waals surface area contributed by atoms with Crippen molar-refractivity contribution in [2.45, 2.75) is 50.1 Å². The van der Waals surface area contributed by atoms with Crippen LogP contribution < -0.4 is 9.64 Å². The Morgan fingerprint density at radius 1 is 1.16 bits per heavy atom. The first kappa shape index (κ1) is 33.7. The fourth-order valence-corrected chi connectivity index (χ4v) is 8.61. The van der Waals surface area contributed by atoms with Crippen LogP contribution in [-0.4, -0.2) is 104 Å². The summed E-state index contributed by atoms with van der Waals surface area (Å²) in [5.41, 5.74) is -0.0417. The number of aryl methyl sites for hydroxylation is 1. The van der Waals surface area contributed by atoms with Crippen molar-refractivity contribution in [2.24, 2.45) is 0 Å². The molecule has 0 aliphatic carbocycles. The lowest BCUT2D eigenvalue weighted by Gasteiger charge is -2.31. The first-order chi connectivity index (χ1) is 24.6. The highest BCUT2D eigenvalue weighted by Gasteiger charge is 2.49. The second kappa shape index (κ2) is 13.3. The van der Waals surface area contributed by atoms with Crippen LogP contribution in [-0.2, 0) is 4.79 Å². The summed E-state index contributed by atoms with van der Waals surface area (Å²) >= 11 is 7.76. The number of benzene rings is 2. The first-order valence-corrected chi connectivity index (χ1v) is 18.0. The van der Waals surface area contributed by atoms with Gasteiger partial charge < -0.3 is 14.5 Å². The molecule has 0 saturated carbocycles. The predicted molar refractivity (Wildman–Crippen MR) is 191 cm³/mol. The van der Waals surface area contributed by atoms with E-state index in [9.17, 15) is 9.18 Å². The zero-order valence-electron chi connectivity index (χ0n) is 27.9. The number of rotatable bonds is 8. The minimum absolute atomic E-state index is 0.0366. The van der Waals surface area contributed by atoms with Crippen molar-refractivity contribution < 1.29 is 22.7 Å². The summed E-state index contributed by atoms with van der Waals surface area (Å²) in [7, 11) is 1.65. The molecule has 4 atom stereocenters. The first-order valence-electron chi connectivity index (χ1n) is 16.8. The van der Waals surface area contributed by atoms with Crippen molar-refractivity contribution in [1.82, 2.24) is 34.1 Å². The van der Waals surface area contributed by atoms with Crippen LogP contribution in [0.5, 0.6) is 6.01 Å². The third kappa shape index (κ3) is 6.16. The van der Waals surface area contributed by atoms with Crippen LogP contribution in [0.2, 0.25) is 5.02 Å². The Labute approximate surface area is 301 Å². The van der Waals surface area contributed by atoms with Crippen molar-refractivity contribution in [2.75, 3.05) is 44.7 Å². The van der Waals surface area contributed by atoms with Crippen LogP contribution in [0.3, 0.4) is 0 Å². The molecule has 0 spiro atoms. The molecule has 0 N–H and O–H groups in total. The quantitative estimate of drug-likeness (QED) is 0.167. The van der Waals surface area contributed by atoms with Crippen LogP contribution in [0.25, 0.3) is 39.0 Å². The molecule has 5 aromatic rings. The van der Waals surface area contributed by atoms with Gasteiger partial charge in [-0.3, -0.25) is 14.7 Å². The second-order valence-corrected chi connectivity index (χ2v) is 14.7. The van der Waals surface area contributed by atoms with Crippen LogP contribution in [0.4, 0.5) is 19.0 Å². The maximum absolute atomic E-state index is 16.8. The van der Waals surface area contributed by atoms with E-state index in [1.807, 2.05) is 18.2 Å². The van der Waals surface area contributed by atoms with Gasteiger partial charge in [0, 0.05) is 54.8 Å². The molecule has 6 heterocycles. The number of carbonyl (C=O) groups excluding carboxylic acids is 1. The number of carbonyl (C=O) groups is 1. The molecule has 1 amide bonds. The number of nitrogens with zero attached hydrogens (tertiary/aromatic N) is 8. The molecule has 3 aliphatic heterocycles. The van der Waals surface area contributed by atoms with Gasteiger partial charge >= 0.3 is 6.01 Å². The van der Waals surface area contributed by atoms with E-state index in [1.54, 1.807) is 43.1 Å². The number of likely N-dealkylation sites (N-methyl/N-ethyl adjacent to an activating group) is 1. The molecule has 2 aromatic carbocycles. The van der Waals surface area contributed by atoms with E-state index < -0.39 is 29.7 Å². The van der Waals surface area contributed by atoms with Gasteiger partial charge in [0.2, 0.25) is 5.91 Å². The van der Waals surface area contributed by atoms with Gasteiger partial charge in [-0.2, -0.15) is 14.3 Å². The number of hydrogen-bond donors (Lipinski definition) is 0. The van der Waals surface area contributed by atoms with Gasteiger partial charge in [-0.15, -0.1) is 0 Å². The Kier molecular flexibility index (Phi) is 8.79. The van der Waals surface area contributed by atoms with Gasteiger partial charge in [-0.25, -0.2) is 18.2 Å². The Morgan fingerprint density at radius 2 is 1.98 bits per heavy atom. The highest BCUT2D eigenvalue weighted by atomic mass is 35.5. The molecule has 0 unspecified atom stereocenters. The Bertz CT molecular complexity index is 2180. The van der Waals surface area contributed by atoms with Gasteiger partial charge in [0.1, 0.15) is 46.8 Å². The van der Waals surface area contributed by atoms with E-state index in [4.69, 9.17) is 16.3 Å². The number of hydrogen-bond acceptors (Lipinski definition) is 10. The van der Waals surface area contributed by atoms with Crippen LogP contribution in [0.15, 0.2) is 48.7 Å². The Hall–Kier alpha value is -4.40. The summed E-state index contributed by atoms with van der Waals surface area (Å²) in [6.07, 6.45) is 4.01. The highest BCUT2D eigenvalue weighted by molar-refractivity contribution is 7.06. The molecule has 0 radical (unpaired) electrons. The molecule has 51 heavy (non-hydrogen) atoms. The van der Waals surface area contributed by atoms with E-state index in [2.05, 4.69) is 29.2 Å². The van der Waals surface area contributed by atoms with Gasteiger partial charge in [-0.1, -0.05) is 41.9 Å². The number of amides is 1. The topological polar surface area (TPSA) is 100 Å². The van der Waals surface area contributed by atoms with E-state index in [1.165, 1.54) is 28.7 Å². The fraction of sp³-hybridized carbons (Fsp3) is 0.389. The largest absolute Gasteiger partial charge is 0.461 e. The van der Waals surface area contributed by atoms with Crippen molar-refractivity contribution in [3.8, 4) is 17.3 Å². The SMILES string of the molecule is Cc1nsc(/C=C/C(=O)N2C[C@@H](F)[C@H](N(C)c3nc(OC[C@@]45CCCN4C[C@H](F)C5)nc4c(F)c(-c5cccc6cccc(Cl)c56)ncc34)C2)n1. The number of alkyl halides is 2. The van der Waals surface area contributed by atoms with Crippen molar-refractivity contribution in [3.63, 3.8) is 0 Å². The van der Waals surface area contributed by atoms with Gasteiger partial charge in [0.05, 0.1) is 23.5 Å².